The maximum Gasteiger partial charge on any atom is 0.164 e. The molecule has 0 atom stereocenters. The summed E-state index contributed by atoms with van der Waals surface area (Å²) in [7, 11) is 0. The third-order valence-corrected chi connectivity index (χ3v) is 20.3. The van der Waals surface area contributed by atoms with Crippen molar-refractivity contribution in [3.8, 4) is 79.2 Å². The van der Waals surface area contributed by atoms with E-state index < -0.39 is 0 Å². The Labute approximate surface area is 563 Å². The minimum atomic E-state index is 0.600. The Morgan fingerprint density at radius 1 is 0.206 bits per heavy atom. The van der Waals surface area contributed by atoms with Gasteiger partial charge >= 0.3 is 0 Å². The molecule has 5 heterocycles. The molecule has 18 rings (SSSR count). The van der Waals surface area contributed by atoms with Gasteiger partial charge in [-0.2, -0.15) is 0 Å². The molecule has 13 aromatic carbocycles. The molecule has 7 nitrogen and oxygen atoms in total. The molecule has 464 valence electrons. The number of hydrogen-bond acceptors (Lipinski definition) is 3. The van der Waals surface area contributed by atoms with E-state index in [0.29, 0.717) is 17.5 Å². The summed E-state index contributed by atoms with van der Waals surface area (Å²) in [5, 5.41) is 9.75. The molecule has 0 aliphatic heterocycles. The van der Waals surface area contributed by atoms with Crippen LogP contribution >= 0.6 is 0 Å². The molecule has 0 radical (unpaired) electrons. The molecule has 0 aliphatic carbocycles. The fourth-order valence-corrected chi connectivity index (χ4v) is 15.4. The first kappa shape index (κ1) is 57.7. The Bertz CT molecular complexity index is 5850. The van der Waals surface area contributed by atoms with Crippen LogP contribution in [0.4, 0.5) is 0 Å². The van der Waals surface area contributed by atoms with Gasteiger partial charge in [0.25, 0.3) is 0 Å². The van der Waals surface area contributed by atoms with E-state index in [1.807, 2.05) is 0 Å². The van der Waals surface area contributed by atoms with Crippen molar-refractivity contribution in [2.45, 2.75) is 62.3 Å². The molecule has 0 aliphatic rings. The highest BCUT2D eigenvalue weighted by molar-refractivity contribution is 6.19. The van der Waals surface area contributed by atoms with Gasteiger partial charge in [0.1, 0.15) is 0 Å². The predicted molar refractivity (Wildman–Crippen MR) is 407 cm³/mol. The molecule has 0 unspecified atom stereocenters. The predicted octanol–water partition coefficient (Wildman–Crippen LogP) is 23.4. The molecule has 7 heteroatoms. The first-order valence-electron chi connectivity index (χ1n) is 33.6. The number of rotatable bonds is 9. The molecule has 5 aromatic heterocycles. The third-order valence-electron chi connectivity index (χ3n) is 20.3. The van der Waals surface area contributed by atoms with E-state index >= 15 is 0 Å². The van der Waals surface area contributed by atoms with Crippen LogP contribution in [0.1, 0.15) is 50.1 Å². The number of nitrogens with zero attached hydrogens (tertiary/aromatic N) is 7. The quantitative estimate of drug-likeness (QED) is 0.145. The minimum Gasteiger partial charge on any atom is -0.309 e. The second kappa shape index (κ2) is 22.1. The van der Waals surface area contributed by atoms with E-state index in [2.05, 4.69) is 335 Å². The van der Waals surface area contributed by atoms with Crippen LogP contribution < -0.4 is 0 Å². The molecule has 18 aromatic rings. The van der Waals surface area contributed by atoms with Crippen molar-refractivity contribution in [3.05, 3.63) is 305 Å². The summed E-state index contributed by atoms with van der Waals surface area (Å²) in [6.45, 7) is 19.6. The lowest BCUT2D eigenvalue weighted by atomic mass is 9.93. The summed E-state index contributed by atoms with van der Waals surface area (Å²) in [6, 6.07) is 94.8. The SMILES string of the molecule is Cc1ccc(-c2nc(-c3ccc(C)c(-c4cccc5c4c4cc(-n6c7ccc(C)cc7c7cc(C)ccc76)ccc4n5-c4ccc(C)cc4)c3)nc(-c3ccc(C)c(-c4cccc5c4c4cc(-n6c7ccc(C)cc7c7cc(C)ccc76)ccc4n5-c4ccc(C)cc4)c3)n2)cc1. The Balaban J connectivity index is 0.819. The van der Waals surface area contributed by atoms with Crippen LogP contribution in [0.3, 0.4) is 0 Å². The van der Waals surface area contributed by atoms with Crippen molar-refractivity contribution < 1.29 is 0 Å². The highest BCUT2D eigenvalue weighted by atomic mass is 15.0. The van der Waals surface area contributed by atoms with E-state index in [-0.39, 0.29) is 0 Å². The molecule has 97 heavy (non-hydrogen) atoms. The van der Waals surface area contributed by atoms with Crippen LogP contribution in [0.2, 0.25) is 0 Å². The largest absolute Gasteiger partial charge is 0.309 e. The van der Waals surface area contributed by atoms with Crippen molar-refractivity contribution >= 4 is 87.2 Å². The van der Waals surface area contributed by atoms with Crippen LogP contribution in [-0.4, -0.2) is 33.2 Å². The summed E-state index contributed by atoms with van der Waals surface area (Å²) in [5.74, 6) is 1.81. The second-order valence-electron chi connectivity index (χ2n) is 27.1. The van der Waals surface area contributed by atoms with Gasteiger partial charge in [0, 0.05) is 82.5 Å². The standard InChI is InChI=1S/C90H69N7/c1-52-16-28-61(29-17-52)88-91-89(62-30-26-59(8)70(48-62)68-12-10-14-84-86(68)76-50-66(36-42-82(76)94(84)64-32-18-53(2)19-33-64)96-78-38-22-55(4)44-72(78)73-45-56(5)23-39-79(73)96)93-90(92-88)63-31-27-60(9)71(49-63)69-13-11-15-85-87(69)77-51-67(37-43-83(77)95(85)65-34-20-54(3)21-35-65)97-80-40-24-57(6)46-74(80)75-47-58(7)25-41-81(75)97/h10-51H,1-9H3. The average Bonchev–Trinajstić information content (AvgIpc) is 1.59. The van der Waals surface area contributed by atoms with Crippen molar-refractivity contribution in [2.75, 3.05) is 0 Å². The van der Waals surface area contributed by atoms with Gasteiger partial charge in [-0.3, -0.25) is 0 Å². The average molecular weight is 1250 g/mol. The summed E-state index contributed by atoms with van der Waals surface area (Å²) in [6.07, 6.45) is 0. The highest BCUT2D eigenvalue weighted by Gasteiger charge is 2.25. The molecule has 0 amide bonds. The highest BCUT2D eigenvalue weighted by Crippen LogP contribution is 2.46. The van der Waals surface area contributed by atoms with E-state index in [1.165, 1.54) is 104 Å². The maximum atomic E-state index is 5.54. The topological polar surface area (TPSA) is 58.4 Å². The number of aryl methyl sites for hydroxylation is 9. The van der Waals surface area contributed by atoms with E-state index in [1.54, 1.807) is 0 Å². The van der Waals surface area contributed by atoms with Crippen LogP contribution in [0.5, 0.6) is 0 Å². The zero-order valence-corrected chi connectivity index (χ0v) is 55.9. The Kier molecular flexibility index (Phi) is 13.1. The summed E-state index contributed by atoms with van der Waals surface area (Å²) < 4.78 is 9.77. The first-order valence-corrected chi connectivity index (χ1v) is 33.6. The first-order chi connectivity index (χ1) is 47.2. The number of fused-ring (bicyclic) bond motifs is 12. The molecule has 0 spiro atoms. The van der Waals surface area contributed by atoms with Gasteiger partial charge in [0.15, 0.2) is 17.5 Å². The lowest BCUT2D eigenvalue weighted by Gasteiger charge is -2.14. The van der Waals surface area contributed by atoms with Crippen molar-refractivity contribution in [3.63, 3.8) is 0 Å². The molecule has 0 N–H and O–H groups in total. The fourth-order valence-electron chi connectivity index (χ4n) is 15.4. The lowest BCUT2D eigenvalue weighted by Crippen LogP contribution is -2.01. The summed E-state index contributed by atoms with van der Waals surface area (Å²) >= 11 is 0. The number of hydrogen-bond donors (Lipinski definition) is 0. The molecule has 0 saturated carbocycles. The van der Waals surface area contributed by atoms with Gasteiger partial charge in [-0.1, -0.05) is 160 Å². The zero-order chi connectivity index (χ0) is 65.6. The molecular weight excluding hydrogens is 1180 g/mol. The lowest BCUT2D eigenvalue weighted by molar-refractivity contribution is 1.07. The van der Waals surface area contributed by atoms with Crippen LogP contribution in [0, 0.1) is 62.3 Å². The maximum absolute atomic E-state index is 5.54. The second-order valence-corrected chi connectivity index (χ2v) is 27.1. The van der Waals surface area contributed by atoms with Crippen LogP contribution in [0.15, 0.2) is 255 Å². The van der Waals surface area contributed by atoms with Gasteiger partial charge in [-0.25, -0.2) is 15.0 Å². The van der Waals surface area contributed by atoms with Gasteiger partial charge in [-0.05, 0) is 229 Å². The van der Waals surface area contributed by atoms with Crippen molar-refractivity contribution in [1.29, 1.82) is 0 Å². The number of aromatic nitrogens is 7. The fraction of sp³-hybridized carbons (Fsp3) is 0.100. The van der Waals surface area contributed by atoms with Gasteiger partial charge in [-0.15, -0.1) is 0 Å². The van der Waals surface area contributed by atoms with Gasteiger partial charge < -0.3 is 18.3 Å². The molecule has 0 bridgehead atoms. The zero-order valence-electron chi connectivity index (χ0n) is 55.9. The summed E-state index contributed by atoms with van der Waals surface area (Å²) in [5.41, 5.74) is 31.9. The van der Waals surface area contributed by atoms with E-state index in [0.717, 1.165) is 94.9 Å². The number of benzene rings is 13. The summed E-state index contributed by atoms with van der Waals surface area (Å²) in [4.78, 5) is 16.4. The van der Waals surface area contributed by atoms with Gasteiger partial charge in [0.2, 0.25) is 0 Å². The smallest absolute Gasteiger partial charge is 0.164 e. The molecular formula is C90H69N7. The molecule has 0 fully saturated rings. The minimum absolute atomic E-state index is 0.600. The van der Waals surface area contributed by atoms with Crippen LogP contribution in [-0.2, 0) is 0 Å². The normalized spacial score (nSPS) is 12.0. The Morgan fingerprint density at radius 3 is 0.866 bits per heavy atom. The van der Waals surface area contributed by atoms with Gasteiger partial charge in [0.05, 0.1) is 44.1 Å². The van der Waals surface area contributed by atoms with E-state index in [4.69, 9.17) is 15.0 Å². The van der Waals surface area contributed by atoms with E-state index in [9.17, 15) is 0 Å². The Hall–Kier alpha value is -11.9. The monoisotopic (exact) mass is 1250 g/mol. The van der Waals surface area contributed by atoms with Crippen molar-refractivity contribution in [2.24, 2.45) is 0 Å². The molecule has 0 saturated heterocycles. The third kappa shape index (κ3) is 9.35. The Morgan fingerprint density at radius 2 is 0.495 bits per heavy atom. The van der Waals surface area contributed by atoms with Crippen molar-refractivity contribution in [1.82, 2.24) is 33.2 Å². The van der Waals surface area contributed by atoms with Crippen LogP contribution in [0.25, 0.3) is 166 Å².